The number of ether oxygens (including phenoxy) is 4. The number of aliphatic imine (C=N–C) groups is 3. The standard InChI is InChI=1S/C38H77N17O10/c1-17(39)24-11-10-21(53-30(58)18(40)7-4-12-50-35(43)44)33(63-24)64-27-22(54-31(59)19(41)8-5-13-51-36(45)46)15-23(55-32(60)20(42)9-6-14-52-37(47)48)28(25(27)56)65-34-26(57)29(49-3)38(2,61)16-62-34/h17-29,33-34,49,56-57,61H,4-16,39-42H2,1-3H3,(H,53,58)(H,54,59)(H,55,60)(H4,43,44,50)(H4,45,46,51)(H4,47,48,52)/t17-,18+,19+,20+,21+,22-,23+,24-,25-,26+,27+,28-,29+,33+,34+,38-/m1/s1. The molecule has 27 nitrogen and oxygen atoms in total. The molecule has 0 bridgehead atoms. The molecule has 1 aliphatic carbocycles. The van der Waals surface area contributed by atoms with Gasteiger partial charge >= 0.3 is 0 Å². The van der Waals surface area contributed by atoms with Gasteiger partial charge in [-0.2, -0.15) is 0 Å². The third-order valence-corrected chi connectivity index (χ3v) is 11.6. The number of amides is 3. The zero-order valence-corrected chi connectivity index (χ0v) is 37.7. The number of nitrogens with zero attached hydrogens (tertiary/aromatic N) is 3. The zero-order chi connectivity index (χ0) is 48.6. The molecule has 0 aromatic heterocycles. The van der Waals surface area contributed by atoms with Crippen molar-refractivity contribution in [3.05, 3.63) is 0 Å². The van der Waals surface area contributed by atoms with Crippen LogP contribution in [0.15, 0.2) is 15.0 Å². The lowest BCUT2D eigenvalue weighted by atomic mass is 9.82. The Balaban J connectivity index is 2.03. The maximum absolute atomic E-state index is 13.8. The quantitative estimate of drug-likeness (QED) is 0.0243. The highest BCUT2D eigenvalue weighted by Gasteiger charge is 2.53. The van der Waals surface area contributed by atoms with E-state index in [0.717, 1.165) is 0 Å². The molecule has 0 aromatic carbocycles. The number of likely N-dealkylation sites (N-methyl/N-ethyl adjacent to an activating group) is 1. The number of carbonyl (C=O) groups excluding carboxylic acids is 3. The molecule has 2 saturated heterocycles. The Morgan fingerprint density at radius 2 is 1.11 bits per heavy atom. The SMILES string of the molecule is CN[C@H]1[C@H](O)[C@H](O[C@H]2[C@H](O)[C@@H](O[C@@H]3O[C@@H]([C@@H](C)N)CC[C@@H]3NC(=O)[C@@H](N)CCCN=C(N)N)[C@H](NC(=O)[C@@H](N)CCCN=C(N)N)C[C@@H]2NC(=O)[C@@H](N)CCCN=C(N)N)OC[C@@]1(C)O. The number of rotatable bonds is 24. The molecule has 374 valence electrons. The van der Waals surface area contributed by atoms with Crippen LogP contribution < -0.4 is 78.6 Å². The Morgan fingerprint density at radius 1 is 0.692 bits per heavy atom. The highest BCUT2D eigenvalue weighted by molar-refractivity contribution is 5.83. The second-order valence-corrected chi connectivity index (χ2v) is 17.2. The van der Waals surface area contributed by atoms with Crippen LogP contribution in [-0.2, 0) is 33.3 Å². The van der Waals surface area contributed by atoms with E-state index in [0.29, 0.717) is 32.1 Å². The first kappa shape index (κ1) is 55.1. The smallest absolute Gasteiger partial charge is 0.237 e. The van der Waals surface area contributed by atoms with Crippen LogP contribution in [0.3, 0.4) is 0 Å². The van der Waals surface area contributed by atoms with E-state index in [4.69, 9.17) is 76.3 Å². The van der Waals surface area contributed by atoms with E-state index in [1.165, 1.54) is 14.0 Å². The van der Waals surface area contributed by atoms with E-state index in [1.807, 2.05) is 0 Å². The van der Waals surface area contributed by atoms with Gasteiger partial charge in [-0.1, -0.05) is 0 Å². The number of carbonyl (C=O) groups is 3. The highest BCUT2D eigenvalue weighted by atomic mass is 16.7. The van der Waals surface area contributed by atoms with E-state index in [2.05, 4.69) is 36.2 Å². The summed E-state index contributed by atoms with van der Waals surface area (Å²) in [5.41, 5.74) is 56.2. The first-order valence-corrected chi connectivity index (χ1v) is 22.0. The van der Waals surface area contributed by atoms with Crippen molar-refractivity contribution < 1.29 is 48.7 Å². The van der Waals surface area contributed by atoms with E-state index < -0.39 is 115 Å². The highest BCUT2D eigenvalue weighted by Crippen LogP contribution is 2.34. The number of hydrogen-bond donors (Lipinski definition) is 17. The molecule has 2 heterocycles. The number of nitrogens with one attached hydrogen (secondary N) is 4. The van der Waals surface area contributed by atoms with Crippen LogP contribution in [-0.4, -0.2) is 181 Å². The molecule has 0 aromatic rings. The number of hydrogen-bond acceptors (Lipinski definition) is 18. The van der Waals surface area contributed by atoms with Crippen molar-refractivity contribution in [2.45, 2.75) is 169 Å². The summed E-state index contributed by atoms with van der Waals surface area (Å²) in [4.78, 5) is 52.8. The molecule has 0 radical (unpaired) electrons. The van der Waals surface area contributed by atoms with Gasteiger partial charge in [0.1, 0.15) is 30.0 Å². The Labute approximate surface area is 379 Å². The monoisotopic (exact) mass is 932 g/mol. The second-order valence-electron chi connectivity index (χ2n) is 17.2. The maximum Gasteiger partial charge on any atom is 0.237 e. The first-order chi connectivity index (χ1) is 30.6. The van der Waals surface area contributed by atoms with Gasteiger partial charge in [0.2, 0.25) is 17.7 Å². The van der Waals surface area contributed by atoms with Crippen LogP contribution in [0, 0.1) is 0 Å². The van der Waals surface area contributed by atoms with Crippen LogP contribution in [0.25, 0.3) is 0 Å². The fourth-order valence-corrected chi connectivity index (χ4v) is 8.00. The van der Waals surface area contributed by atoms with Crippen molar-refractivity contribution in [3.63, 3.8) is 0 Å². The second kappa shape index (κ2) is 26.2. The van der Waals surface area contributed by atoms with E-state index in [9.17, 15) is 29.7 Å². The molecule has 3 fully saturated rings. The minimum Gasteiger partial charge on any atom is -0.388 e. The minimum atomic E-state index is -1.74. The third-order valence-electron chi connectivity index (χ3n) is 11.6. The molecule has 65 heavy (non-hydrogen) atoms. The summed E-state index contributed by atoms with van der Waals surface area (Å²) in [6, 6.07) is -7.63. The minimum absolute atomic E-state index is 0.0889. The lowest BCUT2D eigenvalue weighted by Gasteiger charge is -2.50. The van der Waals surface area contributed by atoms with Crippen LogP contribution in [0.4, 0.5) is 0 Å². The summed E-state index contributed by atoms with van der Waals surface area (Å²) in [5, 5.41) is 46.3. The van der Waals surface area contributed by atoms with Crippen molar-refractivity contribution in [3.8, 4) is 0 Å². The molecule has 2 aliphatic heterocycles. The van der Waals surface area contributed by atoms with Crippen molar-refractivity contribution in [2.75, 3.05) is 33.3 Å². The molecule has 16 atom stereocenters. The predicted octanol–water partition coefficient (Wildman–Crippen LogP) is -7.97. The zero-order valence-electron chi connectivity index (χ0n) is 37.7. The van der Waals surface area contributed by atoms with Crippen LogP contribution >= 0.6 is 0 Å². The maximum atomic E-state index is 13.8. The first-order valence-electron chi connectivity index (χ1n) is 22.0. The number of aliphatic hydroxyl groups excluding tert-OH is 2. The molecular weight excluding hydrogens is 855 g/mol. The van der Waals surface area contributed by atoms with Gasteiger partial charge in [0, 0.05) is 25.7 Å². The fourth-order valence-electron chi connectivity index (χ4n) is 8.00. The molecule has 1 saturated carbocycles. The molecule has 27 heteroatoms. The van der Waals surface area contributed by atoms with E-state index in [-0.39, 0.29) is 69.8 Å². The Morgan fingerprint density at radius 3 is 1.51 bits per heavy atom. The normalized spacial score (nSPS) is 32.1. The molecular formula is C38H77N17O10. The summed E-state index contributed by atoms with van der Waals surface area (Å²) in [6.45, 7) is 3.61. The van der Waals surface area contributed by atoms with Gasteiger partial charge in [-0.3, -0.25) is 29.4 Å². The summed E-state index contributed by atoms with van der Waals surface area (Å²) in [6.07, 6.45) is -7.09. The van der Waals surface area contributed by atoms with Gasteiger partial charge in [0.25, 0.3) is 0 Å². The van der Waals surface area contributed by atoms with Gasteiger partial charge in [0.15, 0.2) is 30.5 Å². The van der Waals surface area contributed by atoms with Crippen LogP contribution in [0.2, 0.25) is 0 Å². The summed E-state index contributed by atoms with van der Waals surface area (Å²) < 4.78 is 25.1. The lowest BCUT2D eigenvalue weighted by molar-refractivity contribution is -0.309. The van der Waals surface area contributed by atoms with Gasteiger partial charge in [-0.05, 0) is 78.7 Å². The molecule has 3 rings (SSSR count). The van der Waals surface area contributed by atoms with Crippen LogP contribution in [0.5, 0.6) is 0 Å². The largest absolute Gasteiger partial charge is 0.388 e. The predicted molar refractivity (Wildman–Crippen MR) is 241 cm³/mol. The lowest BCUT2D eigenvalue weighted by Crippen LogP contribution is -2.71. The number of aliphatic hydroxyl groups is 3. The number of guanidine groups is 3. The molecule has 0 spiro atoms. The van der Waals surface area contributed by atoms with Crippen molar-refractivity contribution in [1.82, 2.24) is 21.3 Å². The molecule has 0 unspecified atom stereocenters. The molecule has 27 N–H and O–H groups in total. The average Bonchev–Trinajstić information content (AvgIpc) is 3.23. The van der Waals surface area contributed by atoms with E-state index >= 15 is 0 Å². The molecule has 3 aliphatic rings. The Bertz CT molecular complexity index is 1600. The third kappa shape index (κ3) is 17.2. The van der Waals surface area contributed by atoms with Gasteiger partial charge in [-0.25, -0.2) is 0 Å². The van der Waals surface area contributed by atoms with E-state index in [1.54, 1.807) is 6.92 Å². The van der Waals surface area contributed by atoms with Gasteiger partial charge < -0.3 is 113 Å². The summed E-state index contributed by atoms with van der Waals surface area (Å²) in [7, 11) is 1.54. The van der Waals surface area contributed by atoms with Crippen molar-refractivity contribution in [1.29, 1.82) is 0 Å². The van der Waals surface area contributed by atoms with Crippen molar-refractivity contribution in [2.24, 2.45) is 72.3 Å². The Hall–Kier alpha value is -4.26. The van der Waals surface area contributed by atoms with Gasteiger partial charge in [-0.15, -0.1) is 0 Å². The molecule has 3 amide bonds. The average molecular weight is 932 g/mol. The van der Waals surface area contributed by atoms with Crippen LogP contribution in [0.1, 0.15) is 71.6 Å². The van der Waals surface area contributed by atoms with Crippen molar-refractivity contribution >= 4 is 35.6 Å². The summed E-state index contributed by atoms with van der Waals surface area (Å²) in [5.74, 6) is -2.13. The fraction of sp³-hybridized carbons (Fsp3) is 0.842. The van der Waals surface area contributed by atoms with Gasteiger partial charge in [0.05, 0.1) is 55.0 Å². The Kier molecular flexibility index (Phi) is 22.2. The topological polar surface area (TPSA) is 494 Å². The number of nitrogens with two attached hydrogens (primary N) is 10. The summed E-state index contributed by atoms with van der Waals surface area (Å²) >= 11 is 0.